The number of rotatable bonds is 4. The van der Waals surface area contributed by atoms with Crippen LogP contribution in [-0.4, -0.2) is 13.1 Å². The molecule has 0 unspecified atom stereocenters. The summed E-state index contributed by atoms with van der Waals surface area (Å²) in [6.07, 6.45) is 0. The van der Waals surface area contributed by atoms with E-state index in [1.54, 1.807) is 0 Å². The van der Waals surface area contributed by atoms with Gasteiger partial charge in [0, 0.05) is 16.7 Å². The summed E-state index contributed by atoms with van der Waals surface area (Å²) in [6, 6.07) is 11.9. The topological polar surface area (TPSA) is 38.3 Å². The van der Waals surface area contributed by atoms with Crippen molar-refractivity contribution < 1.29 is 9.53 Å². The molecule has 3 nitrogen and oxygen atoms in total. The number of ether oxygens (including phenoxy) is 1. The van der Waals surface area contributed by atoms with Crippen LogP contribution in [0.1, 0.15) is 27.0 Å². The van der Waals surface area contributed by atoms with Crippen LogP contribution in [0.2, 0.25) is 0 Å². The number of esters is 1. The summed E-state index contributed by atoms with van der Waals surface area (Å²) in [4.78, 5) is 11.8. The van der Waals surface area contributed by atoms with E-state index in [2.05, 4.69) is 46.4 Å². The molecule has 21 heavy (non-hydrogen) atoms. The maximum atomic E-state index is 11.8. The Morgan fingerprint density at radius 2 is 1.95 bits per heavy atom. The van der Waals surface area contributed by atoms with E-state index in [1.807, 2.05) is 25.1 Å². The number of aryl methyl sites for hydroxylation is 2. The molecule has 0 aliphatic rings. The molecule has 0 bridgehead atoms. The summed E-state index contributed by atoms with van der Waals surface area (Å²) in [5.41, 5.74) is 4.71. The van der Waals surface area contributed by atoms with E-state index in [1.165, 1.54) is 12.7 Å². The molecule has 0 aliphatic heterocycles. The molecule has 110 valence electrons. The molecule has 0 atom stereocenters. The Bertz CT molecular complexity index is 668. The molecule has 2 aromatic rings. The Labute approximate surface area is 133 Å². The van der Waals surface area contributed by atoms with Crippen LogP contribution < -0.4 is 5.32 Å². The first kappa shape index (κ1) is 15.6. The third-order valence-corrected chi connectivity index (χ3v) is 4.15. The van der Waals surface area contributed by atoms with Gasteiger partial charge in [0.05, 0.1) is 12.7 Å². The maximum Gasteiger partial charge on any atom is 0.339 e. The number of hydrogen-bond acceptors (Lipinski definition) is 3. The number of hydrogen-bond donors (Lipinski definition) is 1. The first-order chi connectivity index (χ1) is 10.0. The van der Waals surface area contributed by atoms with Crippen molar-refractivity contribution in [1.82, 2.24) is 0 Å². The molecule has 4 heteroatoms. The third-order valence-electron chi connectivity index (χ3n) is 3.30. The Balaban J connectivity index is 2.19. The third kappa shape index (κ3) is 3.85. The highest BCUT2D eigenvalue weighted by Gasteiger charge is 2.11. The van der Waals surface area contributed by atoms with Crippen molar-refractivity contribution in [2.45, 2.75) is 20.4 Å². The zero-order valence-corrected chi connectivity index (χ0v) is 14.0. The molecule has 0 radical (unpaired) electrons. The van der Waals surface area contributed by atoms with Gasteiger partial charge in [-0.15, -0.1) is 0 Å². The average molecular weight is 348 g/mol. The zero-order chi connectivity index (χ0) is 15.4. The summed E-state index contributed by atoms with van der Waals surface area (Å²) in [7, 11) is 1.39. The van der Waals surface area contributed by atoms with Gasteiger partial charge in [-0.2, -0.15) is 0 Å². The van der Waals surface area contributed by atoms with E-state index in [-0.39, 0.29) is 5.97 Å². The second-order valence-corrected chi connectivity index (χ2v) is 5.83. The molecule has 0 spiro atoms. The fraction of sp³-hybridized carbons (Fsp3) is 0.235. The Morgan fingerprint density at radius 3 is 2.62 bits per heavy atom. The van der Waals surface area contributed by atoms with Gasteiger partial charge in [0.15, 0.2) is 0 Å². The standard InChI is InChI=1S/C17H18BrNO2/c1-11-4-7-16(14(8-11)17(20)21-3)19-10-13-6-5-12(2)15(18)9-13/h4-9,19H,10H2,1-3H3. The highest BCUT2D eigenvalue weighted by atomic mass is 79.9. The molecule has 2 aromatic carbocycles. The predicted molar refractivity (Wildman–Crippen MR) is 88.7 cm³/mol. The molecule has 0 aromatic heterocycles. The number of anilines is 1. The molecule has 0 saturated heterocycles. The molecule has 2 rings (SSSR count). The first-order valence-electron chi connectivity index (χ1n) is 6.69. The van der Waals surface area contributed by atoms with Gasteiger partial charge >= 0.3 is 5.97 Å². The van der Waals surface area contributed by atoms with Gasteiger partial charge in [0.1, 0.15) is 0 Å². The van der Waals surface area contributed by atoms with Gasteiger partial charge in [-0.3, -0.25) is 0 Å². The lowest BCUT2D eigenvalue weighted by Crippen LogP contribution is -2.08. The summed E-state index contributed by atoms with van der Waals surface area (Å²) < 4.78 is 5.91. The molecule has 0 aliphatic carbocycles. The van der Waals surface area contributed by atoms with Crippen LogP contribution >= 0.6 is 15.9 Å². The highest BCUT2D eigenvalue weighted by molar-refractivity contribution is 9.10. The molecule has 1 N–H and O–H groups in total. The van der Waals surface area contributed by atoms with E-state index >= 15 is 0 Å². The summed E-state index contributed by atoms with van der Waals surface area (Å²) >= 11 is 3.53. The summed E-state index contributed by atoms with van der Waals surface area (Å²) in [5, 5.41) is 3.30. The van der Waals surface area contributed by atoms with E-state index in [4.69, 9.17) is 4.74 Å². The quantitative estimate of drug-likeness (QED) is 0.829. The fourth-order valence-corrected chi connectivity index (χ4v) is 2.46. The molecule has 0 heterocycles. The van der Waals surface area contributed by atoms with Gasteiger partial charge in [0.2, 0.25) is 0 Å². The molecular weight excluding hydrogens is 330 g/mol. The van der Waals surface area contributed by atoms with Gasteiger partial charge in [-0.25, -0.2) is 4.79 Å². The lowest BCUT2D eigenvalue weighted by molar-refractivity contribution is 0.0601. The Morgan fingerprint density at radius 1 is 1.19 bits per heavy atom. The molecular formula is C17H18BrNO2. The summed E-state index contributed by atoms with van der Waals surface area (Å²) in [6.45, 7) is 4.65. The van der Waals surface area contributed by atoms with E-state index in [9.17, 15) is 4.79 Å². The first-order valence-corrected chi connectivity index (χ1v) is 7.48. The number of methoxy groups -OCH3 is 1. The zero-order valence-electron chi connectivity index (χ0n) is 12.4. The van der Waals surface area contributed by atoms with E-state index < -0.39 is 0 Å². The minimum absolute atomic E-state index is 0.328. The van der Waals surface area contributed by atoms with Crippen molar-refractivity contribution in [2.24, 2.45) is 0 Å². The number of nitrogens with one attached hydrogen (secondary N) is 1. The highest BCUT2D eigenvalue weighted by Crippen LogP contribution is 2.21. The van der Waals surface area contributed by atoms with Gasteiger partial charge < -0.3 is 10.1 Å². The van der Waals surface area contributed by atoms with E-state index in [0.29, 0.717) is 12.1 Å². The SMILES string of the molecule is COC(=O)c1cc(C)ccc1NCc1ccc(C)c(Br)c1. The molecule has 0 fully saturated rings. The van der Waals surface area contributed by atoms with Gasteiger partial charge in [-0.1, -0.05) is 39.7 Å². The maximum absolute atomic E-state index is 11.8. The Kier molecular flexibility index (Phi) is 5.02. The van der Waals surface area contributed by atoms with Crippen LogP contribution in [0.15, 0.2) is 40.9 Å². The number of halogens is 1. The van der Waals surface area contributed by atoms with Crippen molar-refractivity contribution >= 4 is 27.6 Å². The largest absolute Gasteiger partial charge is 0.465 e. The normalized spacial score (nSPS) is 10.3. The van der Waals surface area contributed by atoms with Crippen LogP contribution in [0, 0.1) is 13.8 Å². The number of carbonyl (C=O) groups excluding carboxylic acids is 1. The van der Waals surface area contributed by atoms with Crippen LogP contribution in [0.3, 0.4) is 0 Å². The van der Waals surface area contributed by atoms with Crippen molar-refractivity contribution in [2.75, 3.05) is 12.4 Å². The lowest BCUT2D eigenvalue weighted by atomic mass is 10.1. The average Bonchev–Trinajstić information content (AvgIpc) is 2.48. The second-order valence-electron chi connectivity index (χ2n) is 4.98. The van der Waals surface area contributed by atoms with E-state index in [0.717, 1.165) is 21.3 Å². The smallest absolute Gasteiger partial charge is 0.339 e. The van der Waals surface area contributed by atoms with Crippen molar-refractivity contribution in [1.29, 1.82) is 0 Å². The monoisotopic (exact) mass is 347 g/mol. The number of carbonyl (C=O) groups is 1. The van der Waals surface area contributed by atoms with Crippen LogP contribution in [0.25, 0.3) is 0 Å². The van der Waals surface area contributed by atoms with Crippen LogP contribution in [0.4, 0.5) is 5.69 Å². The van der Waals surface area contributed by atoms with Crippen molar-refractivity contribution in [3.05, 3.63) is 63.1 Å². The van der Waals surface area contributed by atoms with Gasteiger partial charge in [-0.05, 0) is 43.2 Å². The predicted octanol–water partition coefficient (Wildman–Crippen LogP) is 4.46. The minimum atomic E-state index is -0.328. The van der Waals surface area contributed by atoms with Crippen molar-refractivity contribution in [3.63, 3.8) is 0 Å². The van der Waals surface area contributed by atoms with Crippen LogP contribution in [0.5, 0.6) is 0 Å². The van der Waals surface area contributed by atoms with Crippen molar-refractivity contribution in [3.8, 4) is 0 Å². The second kappa shape index (κ2) is 6.76. The molecule has 0 saturated carbocycles. The fourth-order valence-electron chi connectivity index (χ4n) is 2.03. The van der Waals surface area contributed by atoms with Gasteiger partial charge in [0.25, 0.3) is 0 Å². The number of benzene rings is 2. The minimum Gasteiger partial charge on any atom is -0.465 e. The Hall–Kier alpha value is -1.81. The molecule has 0 amide bonds. The lowest BCUT2D eigenvalue weighted by Gasteiger charge is -2.12. The van der Waals surface area contributed by atoms with Crippen LogP contribution in [-0.2, 0) is 11.3 Å². The summed E-state index contributed by atoms with van der Waals surface area (Å²) in [5.74, 6) is -0.328.